The van der Waals surface area contributed by atoms with Gasteiger partial charge < -0.3 is 10.1 Å². The first-order chi connectivity index (χ1) is 9.10. The second-order valence-electron chi connectivity index (χ2n) is 5.70. The van der Waals surface area contributed by atoms with E-state index < -0.39 is 0 Å². The molecule has 3 heteroatoms. The molecule has 1 aliphatic carbocycles. The molecule has 1 N–H and O–H groups in total. The smallest absolute Gasteiger partial charge is 0.124 e. The molecular weight excluding hydrogens is 302 g/mol. The Morgan fingerprint density at radius 2 is 2.16 bits per heavy atom. The molecule has 1 saturated carbocycles. The van der Waals surface area contributed by atoms with Crippen molar-refractivity contribution in [2.75, 3.05) is 7.05 Å². The second kappa shape index (κ2) is 6.76. The Balaban J connectivity index is 2.14. The van der Waals surface area contributed by atoms with Gasteiger partial charge in [-0.2, -0.15) is 0 Å². The van der Waals surface area contributed by atoms with Gasteiger partial charge in [0.2, 0.25) is 0 Å². The van der Waals surface area contributed by atoms with Crippen molar-refractivity contribution < 1.29 is 4.74 Å². The predicted octanol–water partition coefficient (Wildman–Crippen LogP) is 4.69. The summed E-state index contributed by atoms with van der Waals surface area (Å²) in [5.41, 5.74) is 1.23. The molecule has 3 atom stereocenters. The summed E-state index contributed by atoms with van der Waals surface area (Å²) >= 11 is 3.55. The van der Waals surface area contributed by atoms with Crippen molar-refractivity contribution in [2.45, 2.75) is 51.7 Å². The Bertz CT molecular complexity index is 421. The molecule has 0 radical (unpaired) electrons. The number of halogens is 1. The van der Waals surface area contributed by atoms with Crippen LogP contribution in [0.3, 0.4) is 0 Å². The minimum atomic E-state index is 0.300. The van der Waals surface area contributed by atoms with Crippen molar-refractivity contribution in [2.24, 2.45) is 5.92 Å². The zero-order valence-electron chi connectivity index (χ0n) is 12.1. The maximum absolute atomic E-state index is 6.27. The van der Waals surface area contributed by atoms with Gasteiger partial charge in [0.15, 0.2) is 0 Å². The Labute approximate surface area is 125 Å². The lowest BCUT2D eigenvalue weighted by Gasteiger charge is -2.29. The van der Waals surface area contributed by atoms with Gasteiger partial charge in [0.25, 0.3) is 0 Å². The second-order valence-corrected chi connectivity index (χ2v) is 6.62. The highest BCUT2D eigenvalue weighted by Crippen LogP contribution is 2.32. The molecule has 0 spiro atoms. The first kappa shape index (κ1) is 14.9. The van der Waals surface area contributed by atoms with E-state index in [2.05, 4.69) is 53.3 Å². The summed E-state index contributed by atoms with van der Waals surface area (Å²) in [4.78, 5) is 0. The van der Waals surface area contributed by atoms with E-state index in [1.807, 2.05) is 7.05 Å². The van der Waals surface area contributed by atoms with Gasteiger partial charge in [-0.25, -0.2) is 0 Å². The highest BCUT2D eigenvalue weighted by molar-refractivity contribution is 9.10. The highest BCUT2D eigenvalue weighted by atomic mass is 79.9. The van der Waals surface area contributed by atoms with Crippen LogP contribution in [0.5, 0.6) is 5.75 Å². The van der Waals surface area contributed by atoms with Crippen molar-refractivity contribution in [1.29, 1.82) is 0 Å². The highest BCUT2D eigenvalue weighted by Gasteiger charge is 2.22. The van der Waals surface area contributed by atoms with Gasteiger partial charge in [-0.15, -0.1) is 0 Å². The van der Waals surface area contributed by atoms with Crippen LogP contribution < -0.4 is 10.1 Å². The molecule has 0 heterocycles. The molecule has 19 heavy (non-hydrogen) atoms. The van der Waals surface area contributed by atoms with E-state index in [1.165, 1.54) is 31.2 Å². The summed E-state index contributed by atoms with van der Waals surface area (Å²) in [6.07, 6.45) is 5.39. The van der Waals surface area contributed by atoms with Gasteiger partial charge in [-0.05, 0) is 57.4 Å². The molecule has 2 rings (SSSR count). The fourth-order valence-corrected chi connectivity index (χ4v) is 3.16. The van der Waals surface area contributed by atoms with Crippen LogP contribution in [-0.2, 0) is 0 Å². The quantitative estimate of drug-likeness (QED) is 0.867. The Morgan fingerprint density at radius 3 is 2.84 bits per heavy atom. The number of benzene rings is 1. The molecule has 3 unspecified atom stereocenters. The van der Waals surface area contributed by atoms with Crippen molar-refractivity contribution in [3.63, 3.8) is 0 Å². The molecule has 0 bridgehead atoms. The summed E-state index contributed by atoms with van der Waals surface area (Å²) in [5.74, 6) is 1.82. The largest absolute Gasteiger partial charge is 0.490 e. The number of nitrogens with one attached hydrogen (secondary N) is 1. The van der Waals surface area contributed by atoms with Crippen LogP contribution in [0, 0.1) is 5.92 Å². The first-order valence-corrected chi connectivity index (χ1v) is 8.02. The maximum atomic E-state index is 6.27. The van der Waals surface area contributed by atoms with Crippen LogP contribution >= 0.6 is 15.9 Å². The lowest BCUT2D eigenvalue weighted by Crippen LogP contribution is -2.25. The van der Waals surface area contributed by atoms with Gasteiger partial charge >= 0.3 is 0 Å². The van der Waals surface area contributed by atoms with Gasteiger partial charge in [-0.1, -0.05) is 29.3 Å². The Kier molecular flexibility index (Phi) is 5.28. The third-order valence-corrected chi connectivity index (χ3v) is 4.55. The fraction of sp³-hybridized carbons (Fsp3) is 0.625. The van der Waals surface area contributed by atoms with Crippen molar-refractivity contribution >= 4 is 15.9 Å². The van der Waals surface area contributed by atoms with E-state index in [0.29, 0.717) is 12.1 Å². The number of hydrogen-bond donors (Lipinski definition) is 1. The van der Waals surface area contributed by atoms with Gasteiger partial charge in [0, 0.05) is 16.1 Å². The van der Waals surface area contributed by atoms with E-state index in [1.54, 1.807) is 0 Å². The Morgan fingerprint density at radius 1 is 1.37 bits per heavy atom. The molecule has 1 aliphatic rings. The number of hydrogen-bond acceptors (Lipinski definition) is 2. The molecule has 1 fully saturated rings. The van der Waals surface area contributed by atoms with Crippen LogP contribution in [0.25, 0.3) is 0 Å². The van der Waals surface area contributed by atoms with E-state index in [4.69, 9.17) is 4.74 Å². The molecule has 0 aromatic heterocycles. The van der Waals surface area contributed by atoms with Crippen LogP contribution in [-0.4, -0.2) is 13.2 Å². The normalized spacial score (nSPS) is 25.1. The fourth-order valence-electron chi connectivity index (χ4n) is 2.79. The van der Waals surface area contributed by atoms with Crippen molar-refractivity contribution in [3.05, 3.63) is 28.2 Å². The molecular formula is C16H24BrNO. The average molecular weight is 326 g/mol. The van der Waals surface area contributed by atoms with Crippen LogP contribution in [0.1, 0.15) is 51.1 Å². The molecule has 1 aromatic carbocycles. The van der Waals surface area contributed by atoms with Gasteiger partial charge in [0.1, 0.15) is 5.75 Å². The summed E-state index contributed by atoms with van der Waals surface area (Å²) in [5, 5.41) is 3.29. The summed E-state index contributed by atoms with van der Waals surface area (Å²) in [6, 6.07) is 6.61. The number of ether oxygens (including phenoxy) is 1. The van der Waals surface area contributed by atoms with Crippen molar-refractivity contribution in [3.8, 4) is 5.75 Å². The zero-order valence-corrected chi connectivity index (χ0v) is 13.7. The van der Waals surface area contributed by atoms with Crippen LogP contribution in [0.2, 0.25) is 0 Å². The first-order valence-electron chi connectivity index (χ1n) is 7.23. The third-order valence-electron chi connectivity index (χ3n) is 4.05. The molecule has 0 saturated heterocycles. The SMILES string of the molecule is CNC(C)c1cc(Br)ccc1OC1CCCC(C)C1. The molecule has 106 valence electrons. The minimum absolute atomic E-state index is 0.300. The number of rotatable bonds is 4. The van der Waals surface area contributed by atoms with Crippen molar-refractivity contribution in [1.82, 2.24) is 5.32 Å². The van der Waals surface area contributed by atoms with Crippen LogP contribution in [0.15, 0.2) is 22.7 Å². The standard InChI is InChI=1S/C16H24BrNO/c1-11-5-4-6-14(9-11)19-16-8-7-13(17)10-15(16)12(2)18-3/h7-8,10-12,14,18H,4-6,9H2,1-3H3. The van der Waals surface area contributed by atoms with E-state index in [0.717, 1.165) is 16.1 Å². The summed E-state index contributed by atoms with van der Waals surface area (Å²) < 4.78 is 7.38. The summed E-state index contributed by atoms with van der Waals surface area (Å²) in [6.45, 7) is 4.49. The zero-order chi connectivity index (χ0) is 13.8. The predicted molar refractivity (Wildman–Crippen MR) is 83.7 cm³/mol. The van der Waals surface area contributed by atoms with E-state index in [9.17, 15) is 0 Å². The third kappa shape index (κ3) is 3.96. The topological polar surface area (TPSA) is 21.3 Å². The van der Waals surface area contributed by atoms with E-state index >= 15 is 0 Å². The monoisotopic (exact) mass is 325 g/mol. The lowest BCUT2D eigenvalue weighted by atomic mass is 9.88. The lowest BCUT2D eigenvalue weighted by molar-refractivity contribution is 0.127. The Hall–Kier alpha value is -0.540. The molecule has 0 aliphatic heterocycles. The molecule has 2 nitrogen and oxygen atoms in total. The molecule has 1 aromatic rings. The van der Waals surface area contributed by atoms with Crippen LogP contribution in [0.4, 0.5) is 0 Å². The maximum Gasteiger partial charge on any atom is 0.124 e. The minimum Gasteiger partial charge on any atom is -0.490 e. The summed E-state index contributed by atoms with van der Waals surface area (Å²) in [7, 11) is 1.98. The molecule has 0 amide bonds. The average Bonchev–Trinajstić information content (AvgIpc) is 2.40. The van der Waals surface area contributed by atoms with Gasteiger partial charge in [-0.3, -0.25) is 0 Å². The van der Waals surface area contributed by atoms with E-state index in [-0.39, 0.29) is 0 Å². The van der Waals surface area contributed by atoms with Gasteiger partial charge in [0.05, 0.1) is 6.10 Å².